The van der Waals surface area contributed by atoms with E-state index in [4.69, 9.17) is 14.2 Å². The van der Waals surface area contributed by atoms with Gasteiger partial charge in [-0.15, -0.1) is 0 Å². The number of benzene rings is 1. The molecule has 0 aromatic heterocycles. The van der Waals surface area contributed by atoms with Crippen molar-refractivity contribution in [2.24, 2.45) is 0 Å². The largest absolute Gasteiger partial charge is 0.431 e. The smallest absolute Gasteiger partial charge is 0.340 e. The Labute approximate surface area is 109 Å². The first-order valence-corrected chi connectivity index (χ1v) is 6.04. The number of hydrogen-bond acceptors (Lipinski definition) is 6. The van der Waals surface area contributed by atoms with E-state index in [1.807, 2.05) is 30.3 Å². The second kappa shape index (κ2) is 4.90. The highest BCUT2D eigenvalue weighted by molar-refractivity contribution is 5.77. The van der Waals surface area contributed by atoms with E-state index in [0.29, 0.717) is 0 Å². The lowest BCUT2D eigenvalue weighted by Gasteiger charge is -2.34. The van der Waals surface area contributed by atoms with Gasteiger partial charge in [-0.1, -0.05) is 30.3 Å². The fraction of sp³-hybridized carbons (Fsp3) is 0.462. The van der Waals surface area contributed by atoms with Crippen LogP contribution in [0.25, 0.3) is 0 Å². The molecule has 0 saturated carbocycles. The van der Waals surface area contributed by atoms with Gasteiger partial charge in [0.15, 0.2) is 6.10 Å². The molecule has 0 unspecified atom stereocenters. The van der Waals surface area contributed by atoms with Gasteiger partial charge in [-0.05, 0) is 5.56 Å². The third-order valence-corrected chi connectivity index (χ3v) is 3.29. The maximum absolute atomic E-state index is 11.4. The third-order valence-electron chi connectivity index (χ3n) is 3.29. The van der Waals surface area contributed by atoms with Gasteiger partial charge in [0, 0.05) is 0 Å². The first-order chi connectivity index (χ1) is 9.16. The summed E-state index contributed by atoms with van der Waals surface area (Å²) < 4.78 is 15.4. The van der Waals surface area contributed by atoms with Crippen molar-refractivity contribution in [2.75, 3.05) is 0 Å². The zero-order valence-corrected chi connectivity index (χ0v) is 10.0. The van der Waals surface area contributed by atoms with Crippen LogP contribution in [0.5, 0.6) is 0 Å². The molecular weight excluding hydrogens is 252 g/mol. The van der Waals surface area contributed by atoms with Crippen LogP contribution in [0.15, 0.2) is 30.3 Å². The summed E-state index contributed by atoms with van der Waals surface area (Å²) in [6, 6.07) is 9.36. The Kier molecular flexibility index (Phi) is 3.24. The van der Waals surface area contributed by atoms with Gasteiger partial charge >= 0.3 is 5.97 Å². The number of carbonyl (C=O) groups excluding carboxylic acids is 1. The molecule has 102 valence electrons. The molecule has 6 heteroatoms. The zero-order chi connectivity index (χ0) is 13.4. The van der Waals surface area contributed by atoms with Crippen molar-refractivity contribution in [3.63, 3.8) is 0 Å². The number of fused-ring (bicyclic) bond motifs is 2. The molecule has 0 aliphatic carbocycles. The molecule has 0 radical (unpaired) electrons. The number of rotatable bonds is 3. The highest BCUT2D eigenvalue weighted by atomic mass is 16.8. The Balaban J connectivity index is 1.69. The molecule has 2 bridgehead atoms. The standard InChI is InChI=1S/C13H14O6/c14-8-10(17-6-7-4-2-1-3-5-7)9(15)13-18-11(8)12(16)19-13/h1-5,8-11,13-15H,6H2/t8-,9-,10+,11-,13-/m1/s1. The zero-order valence-electron chi connectivity index (χ0n) is 10.0. The van der Waals surface area contributed by atoms with Crippen molar-refractivity contribution in [1.82, 2.24) is 0 Å². The van der Waals surface area contributed by atoms with Crippen LogP contribution in [-0.4, -0.2) is 46.9 Å². The van der Waals surface area contributed by atoms with Crippen molar-refractivity contribution in [3.05, 3.63) is 35.9 Å². The normalized spacial score (nSPS) is 37.2. The van der Waals surface area contributed by atoms with E-state index in [0.717, 1.165) is 5.56 Å². The van der Waals surface area contributed by atoms with E-state index in [-0.39, 0.29) is 6.61 Å². The van der Waals surface area contributed by atoms with Crippen LogP contribution in [0, 0.1) is 0 Å². The summed E-state index contributed by atoms with van der Waals surface area (Å²) in [6.07, 6.45) is -5.46. The van der Waals surface area contributed by atoms with Gasteiger partial charge in [0.25, 0.3) is 0 Å². The lowest BCUT2D eigenvalue weighted by atomic mass is 10.0. The molecule has 1 aromatic rings. The molecule has 2 aliphatic heterocycles. The van der Waals surface area contributed by atoms with Gasteiger partial charge in [-0.25, -0.2) is 4.79 Å². The van der Waals surface area contributed by atoms with Gasteiger partial charge in [0.05, 0.1) is 6.61 Å². The summed E-state index contributed by atoms with van der Waals surface area (Å²) in [6.45, 7) is 0.229. The highest BCUT2D eigenvalue weighted by Crippen LogP contribution is 2.31. The lowest BCUT2D eigenvalue weighted by molar-refractivity contribution is -0.242. The Hall–Kier alpha value is -1.47. The average Bonchev–Trinajstić information content (AvgIpc) is 2.78. The van der Waals surface area contributed by atoms with Gasteiger partial charge < -0.3 is 24.4 Å². The average molecular weight is 266 g/mol. The number of carbonyl (C=O) groups is 1. The molecule has 2 heterocycles. The summed E-state index contributed by atoms with van der Waals surface area (Å²) in [5.74, 6) is -0.664. The quantitative estimate of drug-likeness (QED) is 0.722. The number of hydrogen-bond donors (Lipinski definition) is 2. The second-order valence-electron chi connectivity index (χ2n) is 4.60. The van der Waals surface area contributed by atoms with Gasteiger partial charge in [-0.3, -0.25) is 0 Å². The Morgan fingerprint density at radius 2 is 1.89 bits per heavy atom. The molecule has 2 N–H and O–H groups in total. The van der Waals surface area contributed by atoms with E-state index in [2.05, 4.69) is 0 Å². The first kappa shape index (κ1) is 12.6. The van der Waals surface area contributed by atoms with Crippen LogP contribution in [0.2, 0.25) is 0 Å². The van der Waals surface area contributed by atoms with Crippen molar-refractivity contribution in [1.29, 1.82) is 0 Å². The predicted octanol–water partition coefficient (Wildman–Crippen LogP) is -0.425. The van der Waals surface area contributed by atoms with Crippen LogP contribution >= 0.6 is 0 Å². The summed E-state index contributed by atoms with van der Waals surface area (Å²) in [5, 5.41) is 19.9. The van der Waals surface area contributed by atoms with Crippen molar-refractivity contribution < 1.29 is 29.2 Å². The minimum Gasteiger partial charge on any atom is -0.431 e. The first-order valence-electron chi connectivity index (χ1n) is 6.04. The Morgan fingerprint density at radius 1 is 1.16 bits per heavy atom. The van der Waals surface area contributed by atoms with E-state index < -0.39 is 36.7 Å². The lowest BCUT2D eigenvalue weighted by Crippen LogP contribution is -2.55. The van der Waals surface area contributed by atoms with Crippen LogP contribution in [0.3, 0.4) is 0 Å². The fourth-order valence-corrected chi connectivity index (χ4v) is 2.27. The summed E-state index contributed by atoms with van der Waals surface area (Å²) in [7, 11) is 0. The van der Waals surface area contributed by atoms with Crippen LogP contribution in [0.4, 0.5) is 0 Å². The van der Waals surface area contributed by atoms with Gasteiger partial charge in [-0.2, -0.15) is 0 Å². The molecule has 19 heavy (non-hydrogen) atoms. The maximum Gasteiger partial charge on any atom is 0.340 e. The molecular formula is C13H14O6. The minimum atomic E-state index is -1.23. The SMILES string of the molecule is O=C1O[C@H]2O[C@@H]1[C@H](O)[C@H](OCc1ccccc1)[C@H]2O. The molecule has 1 aromatic carbocycles. The molecule has 5 atom stereocenters. The summed E-state index contributed by atoms with van der Waals surface area (Å²) >= 11 is 0. The Morgan fingerprint density at radius 3 is 2.63 bits per heavy atom. The van der Waals surface area contributed by atoms with Crippen molar-refractivity contribution >= 4 is 5.97 Å². The molecule has 0 spiro atoms. The number of esters is 1. The fourth-order valence-electron chi connectivity index (χ4n) is 2.27. The van der Waals surface area contributed by atoms with Gasteiger partial charge in [0.2, 0.25) is 6.29 Å². The van der Waals surface area contributed by atoms with E-state index >= 15 is 0 Å². The third kappa shape index (κ3) is 2.23. The maximum atomic E-state index is 11.4. The highest BCUT2D eigenvalue weighted by Gasteiger charge is 2.55. The summed E-state index contributed by atoms with van der Waals surface area (Å²) in [4.78, 5) is 11.4. The van der Waals surface area contributed by atoms with Crippen molar-refractivity contribution in [3.8, 4) is 0 Å². The molecule has 6 nitrogen and oxygen atoms in total. The number of aliphatic hydroxyl groups excluding tert-OH is 2. The monoisotopic (exact) mass is 266 g/mol. The molecule has 3 rings (SSSR count). The summed E-state index contributed by atoms with van der Waals surface area (Å²) in [5.41, 5.74) is 0.910. The Bertz CT molecular complexity index is 461. The number of ether oxygens (including phenoxy) is 3. The van der Waals surface area contributed by atoms with E-state index in [9.17, 15) is 15.0 Å². The van der Waals surface area contributed by atoms with Crippen LogP contribution < -0.4 is 0 Å². The topological polar surface area (TPSA) is 85.2 Å². The second-order valence-corrected chi connectivity index (χ2v) is 4.60. The van der Waals surface area contributed by atoms with Crippen molar-refractivity contribution in [2.45, 2.75) is 37.3 Å². The molecule has 2 saturated heterocycles. The molecule has 0 amide bonds. The number of aliphatic hydroxyl groups is 2. The van der Waals surface area contributed by atoms with E-state index in [1.54, 1.807) is 0 Å². The predicted molar refractivity (Wildman–Crippen MR) is 61.8 cm³/mol. The van der Waals surface area contributed by atoms with Crippen LogP contribution in [0.1, 0.15) is 5.56 Å². The molecule has 2 aliphatic rings. The minimum absolute atomic E-state index is 0.229. The van der Waals surface area contributed by atoms with Crippen LogP contribution in [-0.2, 0) is 25.6 Å². The van der Waals surface area contributed by atoms with E-state index in [1.165, 1.54) is 0 Å². The van der Waals surface area contributed by atoms with Gasteiger partial charge in [0.1, 0.15) is 18.3 Å². The molecule has 2 fully saturated rings.